The van der Waals surface area contributed by atoms with Gasteiger partial charge in [-0.1, -0.05) is 36.4 Å². The van der Waals surface area contributed by atoms with Gasteiger partial charge in [-0.15, -0.1) is 0 Å². The molecule has 0 aliphatic carbocycles. The van der Waals surface area contributed by atoms with E-state index in [4.69, 9.17) is 9.47 Å². The number of cyclic esters (lactones) is 1. The van der Waals surface area contributed by atoms with Gasteiger partial charge in [0.25, 0.3) is 0 Å². The topological polar surface area (TPSA) is 118 Å². The number of hydrogen-bond donors (Lipinski definition) is 2. The fourth-order valence-corrected chi connectivity index (χ4v) is 4.71. The zero-order valence-corrected chi connectivity index (χ0v) is 18.4. The summed E-state index contributed by atoms with van der Waals surface area (Å²) < 4.78 is 10.4. The Morgan fingerprint density at radius 3 is 2.76 bits per heavy atom. The number of esters is 2. The van der Waals surface area contributed by atoms with E-state index in [1.54, 1.807) is 30.5 Å². The number of aromatic amines is 1. The minimum atomic E-state index is -0.973. The summed E-state index contributed by atoms with van der Waals surface area (Å²) in [5.74, 6) is -1.92. The molecule has 0 bridgehead atoms. The van der Waals surface area contributed by atoms with E-state index in [0.717, 1.165) is 16.5 Å². The van der Waals surface area contributed by atoms with E-state index in [9.17, 15) is 19.2 Å². The Morgan fingerprint density at radius 1 is 1.18 bits per heavy atom. The van der Waals surface area contributed by atoms with Crippen LogP contribution in [0.5, 0.6) is 0 Å². The molecule has 2 amide bonds. The second-order valence-corrected chi connectivity index (χ2v) is 8.35. The van der Waals surface area contributed by atoms with Gasteiger partial charge in [-0.2, -0.15) is 0 Å². The van der Waals surface area contributed by atoms with Crippen molar-refractivity contribution in [3.63, 3.8) is 0 Å². The van der Waals surface area contributed by atoms with Crippen molar-refractivity contribution in [3.8, 4) is 0 Å². The van der Waals surface area contributed by atoms with Crippen LogP contribution in [0.3, 0.4) is 0 Å². The summed E-state index contributed by atoms with van der Waals surface area (Å²) in [4.78, 5) is 55.3. The number of nitrogens with one attached hydrogen (secondary N) is 2. The highest BCUT2D eigenvalue weighted by molar-refractivity contribution is 5.97. The highest BCUT2D eigenvalue weighted by Crippen LogP contribution is 2.38. The monoisotopic (exact) mass is 461 g/mol. The van der Waals surface area contributed by atoms with Gasteiger partial charge in [0.2, 0.25) is 18.0 Å². The minimum Gasteiger partial charge on any atom is -0.467 e. The molecular formula is C25H23N3O6. The predicted molar refractivity (Wildman–Crippen MR) is 120 cm³/mol. The Bertz CT molecular complexity index is 1300. The van der Waals surface area contributed by atoms with Crippen LogP contribution in [0.2, 0.25) is 0 Å². The number of benzene rings is 2. The molecule has 1 fully saturated rings. The molecule has 2 aliphatic heterocycles. The highest BCUT2D eigenvalue weighted by atomic mass is 16.6. The first kappa shape index (κ1) is 21.7. The van der Waals surface area contributed by atoms with E-state index in [1.807, 2.05) is 24.3 Å². The van der Waals surface area contributed by atoms with E-state index >= 15 is 0 Å². The first-order valence-corrected chi connectivity index (χ1v) is 11.0. The van der Waals surface area contributed by atoms with Gasteiger partial charge in [0, 0.05) is 35.5 Å². The van der Waals surface area contributed by atoms with Crippen LogP contribution in [0.1, 0.15) is 40.6 Å². The maximum Gasteiger partial charge on any atom is 0.340 e. The molecule has 2 N–H and O–H groups in total. The van der Waals surface area contributed by atoms with E-state index in [1.165, 1.54) is 12.0 Å². The number of carbonyl (C=O) groups excluding carboxylic acids is 4. The number of likely N-dealkylation sites (tertiary alicyclic amines) is 1. The van der Waals surface area contributed by atoms with Crippen LogP contribution < -0.4 is 5.32 Å². The number of nitrogens with zero attached hydrogens (tertiary/aromatic N) is 1. The van der Waals surface area contributed by atoms with Crippen LogP contribution in [-0.2, 0) is 30.3 Å². The first-order chi connectivity index (χ1) is 16.5. The van der Waals surface area contributed by atoms with Gasteiger partial charge in [0.05, 0.1) is 12.7 Å². The maximum absolute atomic E-state index is 13.3. The molecule has 3 aromatic rings. The van der Waals surface area contributed by atoms with Crippen molar-refractivity contribution in [2.24, 2.45) is 0 Å². The molecule has 3 heterocycles. The summed E-state index contributed by atoms with van der Waals surface area (Å²) >= 11 is 0. The molecule has 1 aromatic heterocycles. The molecule has 2 aliphatic rings. The predicted octanol–water partition coefficient (Wildman–Crippen LogP) is 2.23. The van der Waals surface area contributed by atoms with Crippen LogP contribution in [0.25, 0.3) is 10.9 Å². The molecule has 34 heavy (non-hydrogen) atoms. The zero-order chi connectivity index (χ0) is 23.8. The van der Waals surface area contributed by atoms with Crippen molar-refractivity contribution in [2.45, 2.75) is 37.6 Å². The number of para-hydroxylation sites is 1. The Kier molecular flexibility index (Phi) is 5.53. The average molecular weight is 461 g/mol. The third kappa shape index (κ3) is 3.68. The molecule has 2 aromatic carbocycles. The van der Waals surface area contributed by atoms with Crippen molar-refractivity contribution in [2.75, 3.05) is 7.11 Å². The molecule has 3 atom stereocenters. The van der Waals surface area contributed by atoms with Crippen LogP contribution in [-0.4, -0.2) is 52.8 Å². The van der Waals surface area contributed by atoms with E-state index in [-0.39, 0.29) is 25.2 Å². The quantitative estimate of drug-likeness (QED) is 0.544. The molecule has 1 saturated heterocycles. The van der Waals surface area contributed by atoms with E-state index < -0.39 is 36.2 Å². The van der Waals surface area contributed by atoms with Crippen LogP contribution >= 0.6 is 0 Å². The number of carbonyl (C=O) groups is 4. The number of amides is 2. The van der Waals surface area contributed by atoms with Gasteiger partial charge in [0.15, 0.2) is 0 Å². The van der Waals surface area contributed by atoms with Gasteiger partial charge in [0.1, 0.15) is 12.1 Å². The lowest BCUT2D eigenvalue weighted by Gasteiger charge is -2.30. The van der Waals surface area contributed by atoms with Gasteiger partial charge in [-0.25, -0.2) is 9.59 Å². The molecular weight excluding hydrogens is 438 g/mol. The van der Waals surface area contributed by atoms with E-state index in [2.05, 4.69) is 10.3 Å². The lowest BCUT2D eigenvalue weighted by Crippen LogP contribution is -2.52. The van der Waals surface area contributed by atoms with Crippen molar-refractivity contribution in [1.29, 1.82) is 0 Å². The van der Waals surface area contributed by atoms with E-state index in [0.29, 0.717) is 11.1 Å². The van der Waals surface area contributed by atoms with Gasteiger partial charge >= 0.3 is 11.9 Å². The van der Waals surface area contributed by atoms with Crippen molar-refractivity contribution in [3.05, 3.63) is 71.4 Å². The molecule has 174 valence electrons. The summed E-state index contributed by atoms with van der Waals surface area (Å²) in [5.41, 5.74) is 2.69. The first-order valence-electron chi connectivity index (χ1n) is 11.0. The van der Waals surface area contributed by atoms with Gasteiger partial charge < -0.3 is 19.8 Å². The SMILES string of the molecule is COC(=O)[C@H](Cc1c[nH]c2ccccc12)NC(=O)[C@@H]1CCC(=O)N1[C@H]1OC(=O)c2ccccc21. The number of methoxy groups -OCH3 is 1. The van der Waals surface area contributed by atoms with Crippen LogP contribution in [0.4, 0.5) is 0 Å². The van der Waals surface area contributed by atoms with Crippen molar-refractivity contribution < 1.29 is 28.7 Å². The fourth-order valence-electron chi connectivity index (χ4n) is 4.71. The zero-order valence-electron chi connectivity index (χ0n) is 18.4. The average Bonchev–Trinajstić information content (AvgIpc) is 3.53. The van der Waals surface area contributed by atoms with Crippen molar-refractivity contribution >= 4 is 34.7 Å². The summed E-state index contributed by atoms with van der Waals surface area (Å²) in [6, 6.07) is 12.6. The summed E-state index contributed by atoms with van der Waals surface area (Å²) in [6.45, 7) is 0. The molecule has 0 saturated carbocycles. The van der Waals surface area contributed by atoms with Crippen molar-refractivity contribution in [1.82, 2.24) is 15.2 Å². The number of fused-ring (bicyclic) bond motifs is 2. The summed E-state index contributed by atoms with van der Waals surface area (Å²) in [6.07, 6.45) is 1.43. The maximum atomic E-state index is 13.3. The minimum absolute atomic E-state index is 0.139. The number of aromatic nitrogens is 1. The Hall–Kier alpha value is -4.14. The van der Waals surface area contributed by atoms with Crippen LogP contribution in [0.15, 0.2) is 54.7 Å². The fraction of sp³-hybridized carbons (Fsp3) is 0.280. The lowest BCUT2D eigenvalue weighted by atomic mass is 10.0. The Morgan fingerprint density at radius 2 is 1.94 bits per heavy atom. The van der Waals surface area contributed by atoms with Gasteiger partial charge in [-0.05, 0) is 24.1 Å². The molecule has 9 nitrogen and oxygen atoms in total. The second kappa shape index (κ2) is 8.66. The Labute approximate surface area is 195 Å². The molecule has 5 rings (SSSR count). The van der Waals surface area contributed by atoms with Crippen LogP contribution in [0, 0.1) is 0 Å². The molecule has 0 radical (unpaired) electrons. The molecule has 9 heteroatoms. The Balaban J connectivity index is 1.38. The smallest absolute Gasteiger partial charge is 0.340 e. The van der Waals surface area contributed by atoms with Gasteiger partial charge in [-0.3, -0.25) is 14.5 Å². The molecule has 0 spiro atoms. The normalized spacial score (nSPS) is 20.2. The third-order valence-electron chi connectivity index (χ3n) is 6.38. The third-order valence-corrected chi connectivity index (χ3v) is 6.38. The number of hydrogen-bond acceptors (Lipinski definition) is 6. The molecule has 0 unspecified atom stereocenters. The highest BCUT2D eigenvalue weighted by Gasteiger charge is 2.46. The number of rotatable bonds is 6. The largest absolute Gasteiger partial charge is 0.467 e. The second-order valence-electron chi connectivity index (χ2n) is 8.35. The number of H-pyrrole nitrogens is 1. The standard InChI is InChI=1S/C25H23N3O6/c1-33-25(32)19(12-14-13-26-18-9-5-4-6-15(14)18)27-22(30)20-10-11-21(29)28(20)23-16-7-2-3-8-17(16)24(31)34-23/h2-9,13,19-20,23,26H,10-12H2,1H3,(H,27,30)/t19-,20-,23-/m0/s1. The number of ether oxygens (including phenoxy) is 2. The lowest BCUT2D eigenvalue weighted by molar-refractivity contribution is -0.149. The summed E-state index contributed by atoms with van der Waals surface area (Å²) in [5, 5.41) is 3.70. The summed E-state index contributed by atoms with van der Waals surface area (Å²) in [7, 11) is 1.26.